The van der Waals surface area contributed by atoms with E-state index in [1.54, 1.807) is 0 Å². The molecule has 0 aromatic carbocycles. The zero-order chi connectivity index (χ0) is 15.2. The predicted octanol–water partition coefficient (Wildman–Crippen LogP) is -1.03. The first kappa shape index (κ1) is 13.9. The van der Waals surface area contributed by atoms with Crippen molar-refractivity contribution in [3.8, 4) is 0 Å². The number of rotatable bonds is 3. The standard InChI is InChI=1S/C11H15FN6O3/c12-2-11(3-19)5(20)1-6(21-11)18-4-15-7-8(13)16-10(14)17-9(7)18/h4-6,19-20H,1-3H2,(H4,13,14,16,17)/t5-,6+,11+/m0/s1. The molecular formula is C11H15FN6O3. The molecule has 1 aliphatic heterocycles. The molecule has 0 radical (unpaired) electrons. The molecular weight excluding hydrogens is 283 g/mol. The molecule has 1 aliphatic rings. The number of fused-ring (bicyclic) bond motifs is 1. The maximum Gasteiger partial charge on any atom is 0.224 e. The van der Waals surface area contributed by atoms with Gasteiger partial charge in [0.2, 0.25) is 5.95 Å². The molecule has 0 spiro atoms. The summed E-state index contributed by atoms with van der Waals surface area (Å²) in [5, 5.41) is 19.2. The number of imidazole rings is 1. The topological polar surface area (TPSA) is 145 Å². The Morgan fingerprint density at radius 1 is 1.48 bits per heavy atom. The van der Waals surface area contributed by atoms with Crippen LogP contribution in [-0.2, 0) is 4.74 Å². The van der Waals surface area contributed by atoms with Crippen molar-refractivity contribution in [1.82, 2.24) is 19.5 Å². The Labute approximate surface area is 118 Å². The second-order valence-electron chi connectivity index (χ2n) is 4.97. The van der Waals surface area contributed by atoms with Crippen molar-refractivity contribution < 1.29 is 19.3 Å². The van der Waals surface area contributed by atoms with Crippen LogP contribution in [0.2, 0.25) is 0 Å². The van der Waals surface area contributed by atoms with Gasteiger partial charge < -0.3 is 26.4 Å². The largest absolute Gasteiger partial charge is 0.393 e. The monoisotopic (exact) mass is 298 g/mol. The Kier molecular flexibility index (Phi) is 3.15. The Hall–Kier alpha value is -2.04. The van der Waals surface area contributed by atoms with E-state index in [1.807, 2.05) is 0 Å². The highest BCUT2D eigenvalue weighted by Crippen LogP contribution is 2.38. The van der Waals surface area contributed by atoms with E-state index in [9.17, 15) is 14.6 Å². The quantitative estimate of drug-likeness (QED) is 0.563. The molecule has 3 atom stereocenters. The van der Waals surface area contributed by atoms with Crippen LogP contribution in [0.15, 0.2) is 6.33 Å². The molecule has 6 N–H and O–H groups in total. The van der Waals surface area contributed by atoms with Crippen molar-refractivity contribution in [2.45, 2.75) is 24.4 Å². The van der Waals surface area contributed by atoms with Crippen LogP contribution in [0.3, 0.4) is 0 Å². The summed E-state index contributed by atoms with van der Waals surface area (Å²) in [6.07, 6.45) is -0.397. The fraction of sp³-hybridized carbons (Fsp3) is 0.545. The number of aromatic nitrogens is 4. The summed E-state index contributed by atoms with van der Waals surface area (Å²) in [5.74, 6) is 0.0907. The molecule has 3 rings (SSSR count). The normalized spacial score (nSPS) is 29.3. The van der Waals surface area contributed by atoms with Gasteiger partial charge in [-0.1, -0.05) is 0 Å². The molecule has 114 valence electrons. The number of anilines is 2. The summed E-state index contributed by atoms with van der Waals surface area (Å²) in [5.41, 5.74) is 10.3. The molecule has 0 saturated carbocycles. The number of nitrogens with zero attached hydrogens (tertiary/aromatic N) is 4. The lowest BCUT2D eigenvalue weighted by Gasteiger charge is -2.26. The van der Waals surface area contributed by atoms with E-state index in [0.717, 1.165) is 0 Å². The summed E-state index contributed by atoms with van der Waals surface area (Å²) < 4.78 is 20.1. The summed E-state index contributed by atoms with van der Waals surface area (Å²) >= 11 is 0. The van der Waals surface area contributed by atoms with Crippen LogP contribution < -0.4 is 11.5 Å². The highest BCUT2D eigenvalue weighted by Gasteiger charge is 2.49. The van der Waals surface area contributed by atoms with Crippen molar-refractivity contribution in [3.05, 3.63) is 6.33 Å². The van der Waals surface area contributed by atoms with E-state index in [4.69, 9.17) is 16.2 Å². The van der Waals surface area contributed by atoms with Gasteiger partial charge in [-0.25, -0.2) is 9.37 Å². The van der Waals surface area contributed by atoms with Crippen molar-refractivity contribution in [3.63, 3.8) is 0 Å². The van der Waals surface area contributed by atoms with Gasteiger partial charge in [-0.15, -0.1) is 0 Å². The van der Waals surface area contributed by atoms with Crippen LogP contribution >= 0.6 is 0 Å². The minimum atomic E-state index is -1.63. The van der Waals surface area contributed by atoms with Crippen LogP contribution in [0.25, 0.3) is 11.2 Å². The van der Waals surface area contributed by atoms with Gasteiger partial charge in [-0.05, 0) is 0 Å². The fourth-order valence-corrected chi connectivity index (χ4v) is 2.45. The summed E-state index contributed by atoms with van der Waals surface area (Å²) in [6, 6.07) is 0. The van der Waals surface area contributed by atoms with Crippen LogP contribution in [0.5, 0.6) is 0 Å². The molecule has 0 amide bonds. The second kappa shape index (κ2) is 4.76. The lowest BCUT2D eigenvalue weighted by Crippen LogP contribution is -2.45. The van der Waals surface area contributed by atoms with Crippen molar-refractivity contribution >= 4 is 22.9 Å². The number of nitrogens with two attached hydrogens (primary N) is 2. The van der Waals surface area contributed by atoms with Gasteiger partial charge >= 0.3 is 0 Å². The molecule has 0 bridgehead atoms. The third kappa shape index (κ3) is 1.99. The number of halogens is 1. The summed E-state index contributed by atoms with van der Waals surface area (Å²) in [4.78, 5) is 11.9. The lowest BCUT2D eigenvalue weighted by molar-refractivity contribution is -0.136. The van der Waals surface area contributed by atoms with Gasteiger partial charge in [-0.2, -0.15) is 9.97 Å². The Morgan fingerprint density at radius 2 is 2.24 bits per heavy atom. The lowest BCUT2D eigenvalue weighted by atomic mass is 10.00. The van der Waals surface area contributed by atoms with E-state index < -0.39 is 31.2 Å². The second-order valence-corrected chi connectivity index (χ2v) is 4.97. The average molecular weight is 298 g/mol. The van der Waals surface area contributed by atoms with Crippen LogP contribution in [0.4, 0.5) is 16.2 Å². The maximum atomic E-state index is 13.1. The number of aliphatic hydroxyl groups is 2. The van der Waals surface area contributed by atoms with Crippen LogP contribution in [0.1, 0.15) is 12.6 Å². The maximum absolute atomic E-state index is 13.1. The van der Waals surface area contributed by atoms with Crippen molar-refractivity contribution in [2.24, 2.45) is 0 Å². The van der Waals surface area contributed by atoms with Gasteiger partial charge in [-0.3, -0.25) is 4.57 Å². The third-order valence-corrected chi connectivity index (χ3v) is 3.67. The molecule has 21 heavy (non-hydrogen) atoms. The SMILES string of the molecule is Nc1nc(N)c2ncn([C@H]3C[C@H](O)[C@](CO)(CF)O3)c2n1. The average Bonchev–Trinajstić information content (AvgIpc) is 3.00. The molecule has 0 aliphatic carbocycles. The minimum absolute atomic E-state index is 0.0285. The molecule has 2 aromatic rings. The Bertz CT molecular complexity index is 673. The van der Waals surface area contributed by atoms with Crippen LogP contribution in [-0.4, -0.2) is 54.7 Å². The molecule has 2 aromatic heterocycles. The third-order valence-electron chi connectivity index (χ3n) is 3.67. The van der Waals surface area contributed by atoms with Crippen LogP contribution in [0, 0.1) is 0 Å². The van der Waals surface area contributed by atoms with Gasteiger partial charge in [0.1, 0.15) is 24.0 Å². The van der Waals surface area contributed by atoms with Gasteiger partial charge in [0, 0.05) is 6.42 Å². The molecule has 0 unspecified atom stereocenters. The molecule has 1 fully saturated rings. The van der Waals surface area contributed by atoms with Gasteiger partial charge in [0.15, 0.2) is 11.5 Å². The fourth-order valence-electron chi connectivity index (χ4n) is 2.45. The first-order valence-corrected chi connectivity index (χ1v) is 6.29. The zero-order valence-electron chi connectivity index (χ0n) is 11.0. The van der Waals surface area contributed by atoms with Crippen molar-refractivity contribution in [1.29, 1.82) is 0 Å². The zero-order valence-corrected chi connectivity index (χ0v) is 11.0. The number of hydrogen-bond acceptors (Lipinski definition) is 8. The summed E-state index contributed by atoms with van der Waals surface area (Å²) in [7, 11) is 0. The van der Waals surface area contributed by atoms with E-state index in [0.29, 0.717) is 11.2 Å². The minimum Gasteiger partial charge on any atom is -0.393 e. The first-order valence-electron chi connectivity index (χ1n) is 6.29. The highest BCUT2D eigenvalue weighted by atomic mass is 19.1. The number of aliphatic hydroxyl groups excluding tert-OH is 2. The number of alkyl halides is 1. The number of nitrogen functional groups attached to an aromatic ring is 2. The predicted molar refractivity (Wildman–Crippen MR) is 70.7 cm³/mol. The van der Waals surface area contributed by atoms with E-state index in [2.05, 4.69) is 15.0 Å². The Morgan fingerprint density at radius 3 is 2.86 bits per heavy atom. The van der Waals surface area contributed by atoms with E-state index in [-0.39, 0.29) is 18.2 Å². The summed E-state index contributed by atoms with van der Waals surface area (Å²) in [6.45, 7) is -1.64. The van der Waals surface area contributed by atoms with Gasteiger partial charge in [0.05, 0.1) is 19.0 Å². The van der Waals surface area contributed by atoms with Crippen molar-refractivity contribution in [2.75, 3.05) is 24.7 Å². The molecule has 10 heteroatoms. The number of ether oxygens (including phenoxy) is 1. The number of hydrogen-bond donors (Lipinski definition) is 4. The van der Waals surface area contributed by atoms with Gasteiger partial charge in [0.25, 0.3) is 0 Å². The van der Waals surface area contributed by atoms with E-state index >= 15 is 0 Å². The smallest absolute Gasteiger partial charge is 0.224 e. The van der Waals surface area contributed by atoms with E-state index in [1.165, 1.54) is 10.9 Å². The molecule has 1 saturated heterocycles. The first-order chi connectivity index (χ1) is 10.0. The molecule has 9 nitrogen and oxygen atoms in total. The Balaban J connectivity index is 2.03. The highest BCUT2D eigenvalue weighted by molar-refractivity contribution is 5.82. The molecule has 3 heterocycles.